The van der Waals surface area contributed by atoms with Gasteiger partial charge in [0.05, 0.1) is 34.3 Å². The van der Waals surface area contributed by atoms with Gasteiger partial charge < -0.3 is 0 Å². The lowest BCUT2D eigenvalue weighted by Crippen LogP contribution is -2.38. The summed E-state index contributed by atoms with van der Waals surface area (Å²) in [5, 5.41) is 13.2. The largest absolute Gasteiger partial charge is 0.259 e. The SMILES string of the molecule is Cc1ncn(-c2cncc([C@]34CC[C@H](c5cc(-c6c(F)cccc6F)nnc53)C4(C)C)n2)n1. The topological polar surface area (TPSA) is 82.3 Å². The standard InChI is InChI=1S/C24H21F2N7/c1-13-28-12-33(32-13)20-11-27-10-19(29-20)24-8-7-15(23(24,2)3)14-9-18(30-31-22(14)24)21-16(25)5-4-6-17(21)26/h4-6,9-12,15H,7-8H2,1-3H3/t15-,24-/m1/s1. The number of hydrogen-bond donors (Lipinski definition) is 0. The summed E-state index contributed by atoms with van der Waals surface area (Å²) in [6.07, 6.45) is 6.80. The van der Waals surface area contributed by atoms with Crippen LogP contribution in [0.3, 0.4) is 0 Å². The molecule has 0 aliphatic heterocycles. The molecule has 1 saturated carbocycles. The Morgan fingerprint density at radius 1 is 1.09 bits per heavy atom. The van der Waals surface area contributed by atoms with Crippen molar-refractivity contribution in [3.05, 3.63) is 77.4 Å². The van der Waals surface area contributed by atoms with Crippen molar-refractivity contribution in [2.24, 2.45) is 5.41 Å². The lowest BCUT2D eigenvalue weighted by Gasteiger charge is -2.37. The first kappa shape index (κ1) is 20.0. The van der Waals surface area contributed by atoms with Gasteiger partial charge in [0.15, 0.2) is 5.82 Å². The summed E-state index contributed by atoms with van der Waals surface area (Å²) in [6.45, 7) is 6.21. The molecule has 7 nitrogen and oxygen atoms in total. The Balaban J connectivity index is 1.53. The van der Waals surface area contributed by atoms with Crippen molar-refractivity contribution < 1.29 is 8.78 Å². The van der Waals surface area contributed by atoms with Crippen LogP contribution in [-0.2, 0) is 5.41 Å². The van der Waals surface area contributed by atoms with Gasteiger partial charge in [-0.15, -0.1) is 5.10 Å². The maximum absolute atomic E-state index is 14.4. The van der Waals surface area contributed by atoms with E-state index in [4.69, 9.17) is 4.98 Å². The molecule has 0 N–H and O–H groups in total. The van der Waals surface area contributed by atoms with Crippen LogP contribution in [0, 0.1) is 24.0 Å². The fraction of sp³-hybridized carbons (Fsp3) is 0.333. The van der Waals surface area contributed by atoms with E-state index in [0.717, 1.165) is 29.8 Å². The number of aromatic nitrogens is 7. The highest BCUT2D eigenvalue weighted by Gasteiger charge is 2.65. The molecule has 2 aliphatic rings. The van der Waals surface area contributed by atoms with Crippen molar-refractivity contribution in [3.8, 4) is 17.1 Å². The van der Waals surface area contributed by atoms with Gasteiger partial charge in [0.25, 0.3) is 0 Å². The maximum atomic E-state index is 14.4. The normalized spacial score (nSPS) is 22.5. The van der Waals surface area contributed by atoms with Crippen molar-refractivity contribution in [2.75, 3.05) is 0 Å². The lowest BCUT2D eigenvalue weighted by atomic mass is 9.66. The van der Waals surface area contributed by atoms with Gasteiger partial charge in [-0.1, -0.05) is 19.9 Å². The first-order valence-corrected chi connectivity index (χ1v) is 10.9. The van der Waals surface area contributed by atoms with Crippen LogP contribution in [0.25, 0.3) is 17.1 Å². The highest BCUT2D eigenvalue weighted by atomic mass is 19.1. The van der Waals surface area contributed by atoms with Crippen molar-refractivity contribution in [1.29, 1.82) is 0 Å². The molecule has 3 heterocycles. The number of halogens is 2. The van der Waals surface area contributed by atoms with E-state index in [-0.39, 0.29) is 22.6 Å². The highest BCUT2D eigenvalue weighted by molar-refractivity contribution is 5.64. The van der Waals surface area contributed by atoms with Crippen molar-refractivity contribution in [1.82, 2.24) is 34.9 Å². The molecule has 166 valence electrons. The molecule has 2 atom stereocenters. The fourth-order valence-electron chi connectivity index (χ4n) is 5.88. The molecule has 3 aromatic heterocycles. The molecule has 1 aromatic carbocycles. The summed E-state index contributed by atoms with van der Waals surface area (Å²) in [5.74, 6) is 0.0848. The van der Waals surface area contributed by atoms with E-state index < -0.39 is 17.0 Å². The first-order valence-electron chi connectivity index (χ1n) is 10.9. The van der Waals surface area contributed by atoms with Gasteiger partial charge in [-0.05, 0) is 54.9 Å². The number of fused-ring (bicyclic) bond motifs is 5. The molecule has 4 aromatic rings. The molecule has 0 amide bonds. The van der Waals surface area contributed by atoms with Crippen LogP contribution in [-0.4, -0.2) is 34.9 Å². The van der Waals surface area contributed by atoms with Crippen molar-refractivity contribution in [3.63, 3.8) is 0 Å². The van der Waals surface area contributed by atoms with Gasteiger partial charge in [-0.2, -0.15) is 10.2 Å². The average molecular weight is 445 g/mol. The third-order valence-electron chi connectivity index (χ3n) is 7.50. The summed E-state index contributed by atoms with van der Waals surface area (Å²) >= 11 is 0. The third kappa shape index (κ3) is 2.59. The predicted octanol–water partition coefficient (Wildman–Crippen LogP) is 4.30. The molecule has 0 saturated heterocycles. The number of benzene rings is 1. The molecular formula is C24H21F2N7. The minimum Gasteiger partial charge on any atom is -0.259 e. The smallest absolute Gasteiger partial charge is 0.173 e. The van der Waals surface area contributed by atoms with Gasteiger partial charge in [0, 0.05) is 6.20 Å². The Kier molecular flexibility index (Phi) is 4.06. The second-order valence-corrected chi connectivity index (χ2v) is 9.35. The molecule has 1 fully saturated rings. The lowest BCUT2D eigenvalue weighted by molar-refractivity contribution is 0.242. The summed E-state index contributed by atoms with van der Waals surface area (Å²) < 4.78 is 30.5. The Labute approximate surface area is 189 Å². The number of rotatable bonds is 3. The summed E-state index contributed by atoms with van der Waals surface area (Å²) in [7, 11) is 0. The Morgan fingerprint density at radius 2 is 1.88 bits per heavy atom. The van der Waals surface area contributed by atoms with Crippen LogP contribution >= 0.6 is 0 Å². The molecule has 9 heteroatoms. The molecule has 2 bridgehead atoms. The summed E-state index contributed by atoms with van der Waals surface area (Å²) in [6, 6.07) is 5.61. The molecule has 2 aliphatic carbocycles. The van der Waals surface area contributed by atoms with E-state index >= 15 is 0 Å². The van der Waals surface area contributed by atoms with E-state index in [1.54, 1.807) is 29.5 Å². The second kappa shape index (κ2) is 6.69. The first-order chi connectivity index (χ1) is 15.8. The van der Waals surface area contributed by atoms with Crippen molar-refractivity contribution >= 4 is 0 Å². The zero-order valence-corrected chi connectivity index (χ0v) is 18.4. The molecular weight excluding hydrogens is 424 g/mol. The zero-order valence-electron chi connectivity index (χ0n) is 18.4. The van der Waals surface area contributed by atoms with Gasteiger partial charge >= 0.3 is 0 Å². The third-order valence-corrected chi connectivity index (χ3v) is 7.50. The quantitative estimate of drug-likeness (QED) is 0.468. The molecule has 33 heavy (non-hydrogen) atoms. The predicted molar refractivity (Wildman–Crippen MR) is 116 cm³/mol. The number of nitrogens with zero attached hydrogens (tertiary/aromatic N) is 7. The van der Waals surface area contributed by atoms with E-state index in [1.807, 2.05) is 6.92 Å². The van der Waals surface area contributed by atoms with Crippen LogP contribution < -0.4 is 0 Å². The Hall–Kier alpha value is -3.62. The molecule has 0 radical (unpaired) electrons. The van der Waals surface area contributed by atoms with E-state index in [0.29, 0.717) is 11.6 Å². The fourth-order valence-corrected chi connectivity index (χ4v) is 5.88. The molecule has 6 rings (SSSR count). The highest BCUT2D eigenvalue weighted by Crippen LogP contribution is 2.69. The maximum Gasteiger partial charge on any atom is 0.173 e. The van der Waals surface area contributed by atoms with Gasteiger partial charge in [-0.3, -0.25) is 4.98 Å². The van der Waals surface area contributed by atoms with Crippen LogP contribution in [0.2, 0.25) is 0 Å². The van der Waals surface area contributed by atoms with Crippen LogP contribution in [0.4, 0.5) is 8.78 Å². The van der Waals surface area contributed by atoms with E-state index in [1.165, 1.54) is 18.2 Å². The Morgan fingerprint density at radius 3 is 2.61 bits per heavy atom. The monoisotopic (exact) mass is 445 g/mol. The zero-order chi connectivity index (χ0) is 23.0. The minimum absolute atomic E-state index is 0.147. The summed E-state index contributed by atoms with van der Waals surface area (Å²) in [4.78, 5) is 13.6. The average Bonchev–Trinajstić information content (AvgIpc) is 3.40. The molecule has 0 spiro atoms. The summed E-state index contributed by atoms with van der Waals surface area (Å²) in [5.41, 5.74) is 1.89. The van der Waals surface area contributed by atoms with E-state index in [2.05, 4.69) is 39.1 Å². The van der Waals surface area contributed by atoms with Crippen LogP contribution in [0.1, 0.15) is 55.4 Å². The number of hydrogen-bond acceptors (Lipinski definition) is 6. The minimum atomic E-state index is -0.650. The Bertz CT molecular complexity index is 1390. The number of aryl methyl sites for hydroxylation is 1. The van der Waals surface area contributed by atoms with Gasteiger partial charge in [0.2, 0.25) is 0 Å². The van der Waals surface area contributed by atoms with Crippen LogP contribution in [0.5, 0.6) is 0 Å². The van der Waals surface area contributed by atoms with Crippen molar-refractivity contribution in [2.45, 2.75) is 44.9 Å². The molecule has 0 unspecified atom stereocenters. The van der Waals surface area contributed by atoms with Gasteiger partial charge in [0.1, 0.15) is 23.8 Å². The van der Waals surface area contributed by atoms with Crippen LogP contribution in [0.15, 0.2) is 43.0 Å². The van der Waals surface area contributed by atoms with E-state index in [9.17, 15) is 8.78 Å². The van der Waals surface area contributed by atoms with Gasteiger partial charge in [-0.25, -0.2) is 23.4 Å². The second-order valence-electron chi connectivity index (χ2n) is 9.35.